The Bertz CT molecular complexity index is 657. The number of aromatic nitrogens is 3. The first kappa shape index (κ1) is 13.5. The topological polar surface area (TPSA) is 47.8 Å². The van der Waals surface area contributed by atoms with E-state index in [2.05, 4.69) is 25.9 Å². The monoisotopic (exact) mass is 347 g/mol. The average molecular weight is 349 g/mol. The Morgan fingerprint density at radius 3 is 2.78 bits per heavy atom. The van der Waals surface area contributed by atoms with Gasteiger partial charge in [0.05, 0.1) is 23.6 Å². The van der Waals surface area contributed by atoms with E-state index in [1.807, 2.05) is 0 Å². The van der Waals surface area contributed by atoms with Crippen molar-refractivity contribution in [3.05, 3.63) is 54.9 Å². The lowest BCUT2D eigenvalue weighted by Gasteiger charge is -2.08. The lowest BCUT2D eigenvalue weighted by atomic mass is 10.3. The maximum atomic E-state index is 12.0. The van der Waals surface area contributed by atoms with Gasteiger partial charge < -0.3 is 0 Å². The van der Waals surface area contributed by atoms with Crippen LogP contribution in [0.5, 0.6) is 0 Å². The predicted octanol–water partition coefficient (Wildman–Crippen LogP) is 3.06. The Kier molecular flexibility index (Phi) is 4.04. The molecule has 2 rings (SSSR count). The second-order valence-corrected chi connectivity index (χ2v) is 5.26. The van der Waals surface area contributed by atoms with E-state index in [4.69, 9.17) is 23.2 Å². The molecule has 94 valence electrons. The molecule has 2 aromatic heterocycles. The Balaban J connectivity index is 2.41. The van der Waals surface area contributed by atoms with Crippen LogP contribution in [0.15, 0.2) is 27.9 Å². The summed E-state index contributed by atoms with van der Waals surface area (Å²) < 4.78 is 1.90. The van der Waals surface area contributed by atoms with E-state index in [-0.39, 0.29) is 5.56 Å². The number of halogens is 3. The van der Waals surface area contributed by atoms with Gasteiger partial charge in [0.2, 0.25) is 0 Å². The molecule has 2 heterocycles. The van der Waals surface area contributed by atoms with Gasteiger partial charge in [-0.25, -0.2) is 9.97 Å². The van der Waals surface area contributed by atoms with E-state index in [0.29, 0.717) is 32.5 Å². The molecule has 0 bridgehead atoms. The lowest BCUT2D eigenvalue weighted by molar-refractivity contribution is 0.722. The largest absolute Gasteiger partial charge is 0.294 e. The zero-order valence-corrected chi connectivity index (χ0v) is 12.4. The van der Waals surface area contributed by atoms with Crippen molar-refractivity contribution in [1.82, 2.24) is 14.5 Å². The number of nitrogens with zero attached hydrogens (tertiary/aromatic N) is 3. The SMILES string of the molecule is Cc1ncn(Cc2cnc(Cl)cc2Cl)c(=O)c1Br. The minimum absolute atomic E-state index is 0.159. The first-order valence-electron chi connectivity index (χ1n) is 5.00. The zero-order chi connectivity index (χ0) is 13.3. The number of hydrogen-bond donors (Lipinski definition) is 0. The summed E-state index contributed by atoms with van der Waals surface area (Å²) >= 11 is 15.0. The quantitative estimate of drug-likeness (QED) is 0.783. The summed E-state index contributed by atoms with van der Waals surface area (Å²) in [5.74, 6) is 0. The Morgan fingerprint density at radius 2 is 2.11 bits per heavy atom. The van der Waals surface area contributed by atoms with Crippen LogP contribution >= 0.6 is 39.1 Å². The van der Waals surface area contributed by atoms with Gasteiger partial charge in [-0.05, 0) is 28.9 Å². The van der Waals surface area contributed by atoms with Crippen molar-refractivity contribution >= 4 is 39.1 Å². The normalized spacial score (nSPS) is 10.7. The lowest BCUT2D eigenvalue weighted by Crippen LogP contribution is -2.22. The summed E-state index contributed by atoms with van der Waals surface area (Å²) in [6.07, 6.45) is 3.03. The third-order valence-corrected chi connectivity index (χ3v) is 3.87. The molecule has 0 amide bonds. The molecule has 0 unspecified atom stereocenters. The molecule has 0 N–H and O–H groups in total. The first-order chi connectivity index (χ1) is 8.49. The highest BCUT2D eigenvalue weighted by molar-refractivity contribution is 9.10. The molecule has 0 atom stereocenters. The van der Waals surface area contributed by atoms with Crippen molar-refractivity contribution in [2.45, 2.75) is 13.5 Å². The highest BCUT2D eigenvalue weighted by Gasteiger charge is 2.08. The van der Waals surface area contributed by atoms with Crippen LogP contribution in [-0.4, -0.2) is 14.5 Å². The van der Waals surface area contributed by atoms with E-state index < -0.39 is 0 Å². The smallest absolute Gasteiger partial charge is 0.268 e. The van der Waals surface area contributed by atoms with Gasteiger partial charge in [-0.2, -0.15) is 0 Å². The average Bonchev–Trinajstić information content (AvgIpc) is 2.33. The minimum Gasteiger partial charge on any atom is -0.294 e. The molecular formula is C11H8BrCl2N3O. The molecule has 7 heteroatoms. The van der Waals surface area contributed by atoms with E-state index in [1.54, 1.807) is 19.2 Å². The molecule has 0 aliphatic rings. The van der Waals surface area contributed by atoms with Gasteiger partial charge in [-0.1, -0.05) is 23.2 Å². The van der Waals surface area contributed by atoms with Crippen molar-refractivity contribution < 1.29 is 0 Å². The van der Waals surface area contributed by atoms with Crippen LogP contribution in [0.4, 0.5) is 0 Å². The molecular weight excluding hydrogens is 341 g/mol. The maximum absolute atomic E-state index is 12.0. The maximum Gasteiger partial charge on any atom is 0.268 e. The van der Waals surface area contributed by atoms with Gasteiger partial charge >= 0.3 is 0 Å². The van der Waals surface area contributed by atoms with E-state index >= 15 is 0 Å². The van der Waals surface area contributed by atoms with Gasteiger partial charge in [0, 0.05) is 11.8 Å². The second-order valence-electron chi connectivity index (χ2n) is 3.68. The summed E-state index contributed by atoms with van der Waals surface area (Å²) in [6.45, 7) is 2.06. The number of hydrogen-bond acceptors (Lipinski definition) is 3. The summed E-state index contributed by atoms with van der Waals surface area (Å²) in [4.78, 5) is 20.0. The molecule has 0 aliphatic carbocycles. The molecule has 4 nitrogen and oxygen atoms in total. The fourth-order valence-corrected chi connectivity index (χ4v) is 2.15. The third-order valence-electron chi connectivity index (χ3n) is 2.39. The van der Waals surface area contributed by atoms with E-state index in [0.717, 1.165) is 0 Å². The second kappa shape index (κ2) is 5.38. The van der Waals surface area contributed by atoms with Crippen LogP contribution in [-0.2, 0) is 6.54 Å². The van der Waals surface area contributed by atoms with Crippen molar-refractivity contribution in [3.63, 3.8) is 0 Å². The standard InChI is InChI=1S/C11H8BrCl2N3O/c1-6-10(12)11(18)17(5-16-6)4-7-3-15-9(14)2-8(7)13/h2-3,5H,4H2,1H3. The molecule has 0 aliphatic heterocycles. The van der Waals surface area contributed by atoms with E-state index in [1.165, 1.54) is 10.9 Å². The van der Waals surface area contributed by atoms with Crippen LogP contribution in [0.1, 0.15) is 11.3 Å². The van der Waals surface area contributed by atoms with Crippen LogP contribution in [0.2, 0.25) is 10.2 Å². The fourth-order valence-electron chi connectivity index (χ4n) is 1.39. The van der Waals surface area contributed by atoms with E-state index in [9.17, 15) is 4.79 Å². The summed E-state index contributed by atoms with van der Waals surface area (Å²) in [5.41, 5.74) is 1.20. The van der Waals surface area contributed by atoms with Gasteiger partial charge in [0.25, 0.3) is 5.56 Å². The molecule has 18 heavy (non-hydrogen) atoms. The van der Waals surface area contributed by atoms with Gasteiger partial charge in [0.1, 0.15) is 9.63 Å². The molecule has 0 spiro atoms. The number of aryl methyl sites for hydroxylation is 1. The Morgan fingerprint density at radius 1 is 1.39 bits per heavy atom. The fraction of sp³-hybridized carbons (Fsp3) is 0.182. The molecule has 0 fully saturated rings. The van der Waals surface area contributed by atoms with Crippen molar-refractivity contribution in [2.75, 3.05) is 0 Å². The zero-order valence-electron chi connectivity index (χ0n) is 9.32. The highest BCUT2D eigenvalue weighted by Crippen LogP contribution is 2.19. The van der Waals surface area contributed by atoms with Crippen LogP contribution < -0.4 is 5.56 Å². The van der Waals surface area contributed by atoms with Crippen molar-refractivity contribution in [3.8, 4) is 0 Å². The molecule has 0 aromatic carbocycles. The van der Waals surface area contributed by atoms with Crippen LogP contribution in [0.3, 0.4) is 0 Å². The van der Waals surface area contributed by atoms with Crippen molar-refractivity contribution in [1.29, 1.82) is 0 Å². The summed E-state index contributed by atoms with van der Waals surface area (Å²) in [6, 6.07) is 1.54. The highest BCUT2D eigenvalue weighted by atomic mass is 79.9. The number of pyridine rings is 1. The number of rotatable bonds is 2. The Hall–Kier alpha value is -0.910. The first-order valence-corrected chi connectivity index (χ1v) is 6.55. The molecule has 0 saturated heterocycles. The van der Waals surface area contributed by atoms with Gasteiger partial charge in [-0.3, -0.25) is 9.36 Å². The van der Waals surface area contributed by atoms with Gasteiger partial charge in [-0.15, -0.1) is 0 Å². The van der Waals surface area contributed by atoms with Crippen molar-refractivity contribution in [2.24, 2.45) is 0 Å². The molecule has 0 saturated carbocycles. The summed E-state index contributed by atoms with van der Waals surface area (Å²) in [7, 11) is 0. The molecule has 2 aromatic rings. The predicted molar refractivity (Wildman–Crippen MR) is 74.3 cm³/mol. The molecule has 0 radical (unpaired) electrons. The Labute approximate surface area is 122 Å². The minimum atomic E-state index is -0.159. The van der Waals surface area contributed by atoms with Gasteiger partial charge in [0.15, 0.2) is 0 Å². The third kappa shape index (κ3) is 2.74. The summed E-state index contributed by atoms with van der Waals surface area (Å²) in [5, 5.41) is 0.790. The van der Waals surface area contributed by atoms with Crippen LogP contribution in [0, 0.1) is 6.92 Å². The van der Waals surface area contributed by atoms with Crippen LogP contribution in [0.25, 0.3) is 0 Å².